The van der Waals surface area contributed by atoms with E-state index in [1.807, 2.05) is 0 Å². The summed E-state index contributed by atoms with van der Waals surface area (Å²) in [6.07, 6.45) is 0.910. The van der Waals surface area contributed by atoms with Gasteiger partial charge in [0.05, 0.1) is 12.7 Å². The highest BCUT2D eigenvalue weighted by Crippen LogP contribution is 2.12. The van der Waals surface area contributed by atoms with E-state index in [0.29, 0.717) is 0 Å². The van der Waals surface area contributed by atoms with Crippen LogP contribution in [0.1, 0.15) is 6.42 Å². The molecule has 0 saturated carbocycles. The second-order valence-corrected chi connectivity index (χ2v) is 4.75. The smallest absolute Gasteiger partial charge is 0.0831 e. The molecule has 0 aliphatic carbocycles. The molecule has 5 heteroatoms. The molecule has 2 saturated heterocycles. The first-order valence-corrected chi connectivity index (χ1v) is 6.27. The van der Waals surface area contributed by atoms with Gasteiger partial charge in [-0.3, -0.25) is 9.80 Å². The Morgan fingerprint density at radius 2 is 2.00 bits per heavy atom. The van der Waals surface area contributed by atoms with Gasteiger partial charge in [-0.05, 0) is 19.5 Å². The molecule has 2 fully saturated rings. The van der Waals surface area contributed by atoms with Crippen LogP contribution in [-0.2, 0) is 0 Å². The molecule has 0 radical (unpaired) electrons. The van der Waals surface area contributed by atoms with Gasteiger partial charge in [0, 0.05) is 38.8 Å². The van der Waals surface area contributed by atoms with Crippen molar-refractivity contribution in [1.82, 2.24) is 15.1 Å². The van der Waals surface area contributed by atoms with Crippen LogP contribution in [0.25, 0.3) is 0 Å². The first-order chi connectivity index (χ1) is 7.81. The number of nitrogens with one attached hydrogen (secondary N) is 1. The summed E-state index contributed by atoms with van der Waals surface area (Å²) in [4.78, 5) is 4.69. The van der Waals surface area contributed by atoms with E-state index in [9.17, 15) is 5.11 Å². The van der Waals surface area contributed by atoms with Crippen molar-refractivity contribution in [3.05, 3.63) is 0 Å². The molecule has 2 aliphatic rings. The summed E-state index contributed by atoms with van der Waals surface area (Å²) >= 11 is 0. The summed E-state index contributed by atoms with van der Waals surface area (Å²) in [7, 11) is 0. The van der Waals surface area contributed by atoms with E-state index in [1.54, 1.807) is 0 Å². The molecule has 16 heavy (non-hydrogen) atoms. The number of aliphatic hydroxyl groups excluding tert-OH is 2. The van der Waals surface area contributed by atoms with Crippen LogP contribution in [0.5, 0.6) is 0 Å². The molecule has 2 aliphatic heterocycles. The minimum absolute atomic E-state index is 0.218. The summed E-state index contributed by atoms with van der Waals surface area (Å²) in [5.74, 6) is 0. The first kappa shape index (κ1) is 12.3. The lowest BCUT2D eigenvalue weighted by Crippen LogP contribution is -2.45. The standard InChI is InChI=1S/C11H23N3O2/c15-7-6-13-2-1-3-14(5-4-13)10-8-12-9-11(10)16/h10-12,15-16H,1-9H2. The normalized spacial score (nSPS) is 34.1. The second kappa shape index (κ2) is 5.93. The van der Waals surface area contributed by atoms with Crippen LogP contribution in [0.3, 0.4) is 0 Å². The topological polar surface area (TPSA) is 59.0 Å². The molecule has 5 nitrogen and oxygen atoms in total. The molecule has 2 heterocycles. The van der Waals surface area contributed by atoms with E-state index in [0.717, 1.165) is 52.2 Å². The molecule has 0 spiro atoms. The minimum Gasteiger partial charge on any atom is -0.395 e. The molecule has 0 bridgehead atoms. The zero-order valence-corrected chi connectivity index (χ0v) is 9.81. The van der Waals surface area contributed by atoms with Crippen molar-refractivity contribution >= 4 is 0 Å². The van der Waals surface area contributed by atoms with Crippen LogP contribution in [0.2, 0.25) is 0 Å². The lowest BCUT2D eigenvalue weighted by atomic mass is 10.2. The highest BCUT2D eigenvalue weighted by atomic mass is 16.3. The Kier molecular flexibility index (Phi) is 4.55. The highest BCUT2D eigenvalue weighted by Gasteiger charge is 2.31. The lowest BCUT2D eigenvalue weighted by Gasteiger charge is -2.29. The average Bonchev–Trinajstić information content (AvgIpc) is 2.57. The Balaban J connectivity index is 1.83. The third-order valence-electron chi connectivity index (χ3n) is 3.66. The quantitative estimate of drug-likeness (QED) is 0.540. The van der Waals surface area contributed by atoms with Gasteiger partial charge in [-0.25, -0.2) is 0 Å². The zero-order chi connectivity index (χ0) is 11.4. The van der Waals surface area contributed by atoms with Crippen molar-refractivity contribution in [2.45, 2.75) is 18.6 Å². The molecule has 0 aromatic rings. The first-order valence-electron chi connectivity index (χ1n) is 6.27. The van der Waals surface area contributed by atoms with Gasteiger partial charge in [0.25, 0.3) is 0 Å². The van der Waals surface area contributed by atoms with Crippen molar-refractivity contribution in [2.75, 3.05) is 52.4 Å². The van der Waals surface area contributed by atoms with Gasteiger partial charge >= 0.3 is 0 Å². The minimum atomic E-state index is -0.218. The fourth-order valence-corrected chi connectivity index (χ4v) is 2.71. The molecule has 3 N–H and O–H groups in total. The Morgan fingerprint density at radius 1 is 1.12 bits per heavy atom. The van der Waals surface area contributed by atoms with E-state index in [4.69, 9.17) is 5.11 Å². The maximum absolute atomic E-state index is 9.84. The molecule has 2 rings (SSSR count). The lowest BCUT2D eigenvalue weighted by molar-refractivity contribution is 0.0846. The van der Waals surface area contributed by atoms with Crippen molar-refractivity contribution in [3.8, 4) is 0 Å². The summed E-state index contributed by atoms with van der Waals surface area (Å²) in [5.41, 5.74) is 0. The van der Waals surface area contributed by atoms with Crippen LogP contribution in [0.15, 0.2) is 0 Å². The van der Waals surface area contributed by atoms with Crippen LogP contribution < -0.4 is 5.32 Å². The monoisotopic (exact) mass is 229 g/mol. The van der Waals surface area contributed by atoms with E-state index in [2.05, 4.69) is 15.1 Å². The Labute approximate surface area is 97.0 Å². The van der Waals surface area contributed by atoms with Gasteiger partial charge < -0.3 is 15.5 Å². The van der Waals surface area contributed by atoms with E-state index >= 15 is 0 Å². The van der Waals surface area contributed by atoms with Gasteiger partial charge in [0.1, 0.15) is 0 Å². The van der Waals surface area contributed by atoms with Crippen LogP contribution in [-0.4, -0.2) is 84.6 Å². The largest absolute Gasteiger partial charge is 0.395 e. The number of hydrogen-bond acceptors (Lipinski definition) is 5. The van der Waals surface area contributed by atoms with E-state index < -0.39 is 0 Å². The molecule has 0 aromatic carbocycles. The van der Waals surface area contributed by atoms with Gasteiger partial charge in [-0.15, -0.1) is 0 Å². The molecule has 2 unspecified atom stereocenters. The van der Waals surface area contributed by atoms with E-state index in [-0.39, 0.29) is 18.8 Å². The summed E-state index contributed by atoms with van der Waals surface area (Å²) in [6, 6.07) is 0.286. The average molecular weight is 229 g/mol. The summed E-state index contributed by atoms with van der Waals surface area (Å²) < 4.78 is 0. The Bertz CT molecular complexity index is 215. The van der Waals surface area contributed by atoms with Gasteiger partial charge in [0.15, 0.2) is 0 Å². The third-order valence-corrected chi connectivity index (χ3v) is 3.66. The molecule has 2 atom stereocenters. The van der Waals surface area contributed by atoms with Crippen molar-refractivity contribution in [1.29, 1.82) is 0 Å². The van der Waals surface area contributed by atoms with Gasteiger partial charge in [0.2, 0.25) is 0 Å². The number of β-amino-alcohol motifs (C(OH)–C–C–N with tert-alkyl or cyclic N) is 2. The Hall–Kier alpha value is -0.200. The van der Waals surface area contributed by atoms with Crippen LogP contribution >= 0.6 is 0 Å². The number of hydrogen-bond donors (Lipinski definition) is 3. The molecular formula is C11H23N3O2. The number of aliphatic hydroxyl groups is 2. The molecule has 0 aromatic heterocycles. The fraction of sp³-hybridized carbons (Fsp3) is 1.00. The van der Waals surface area contributed by atoms with Crippen LogP contribution in [0.4, 0.5) is 0 Å². The second-order valence-electron chi connectivity index (χ2n) is 4.75. The van der Waals surface area contributed by atoms with E-state index in [1.165, 1.54) is 0 Å². The maximum atomic E-state index is 9.84. The van der Waals surface area contributed by atoms with Gasteiger partial charge in [-0.2, -0.15) is 0 Å². The van der Waals surface area contributed by atoms with Gasteiger partial charge in [-0.1, -0.05) is 0 Å². The predicted octanol–water partition coefficient (Wildman–Crippen LogP) is -1.68. The molecular weight excluding hydrogens is 206 g/mol. The fourth-order valence-electron chi connectivity index (χ4n) is 2.71. The third kappa shape index (κ3) is 2.93. The Morgan fingerprint density at radius 3 is 2.69 bits per heavy atom. The summed E-state index contributed by atoms with van der Waals surface area (Å²) in [5, 5.41) is 22.0. The van der Waals surface area contributed by atoms with Crippen LogP contribution in [0, 0.1) is 0 Å². The molecule has 94 valence electrons. The van der Waals surface area contributed by atoms with Crippen molar-refractivity contribution in [3.63, 3.8) is 0 Å². The SMILES string of the molecule is OCCN1CCCN(C2CNCC2O)CC1. The number of rotatable bonds is 3. The van der Waals surface area contributed by atoms with Crippen molar-refractivity contribution in [2.24, 2.45) is 0 Å². The van der Waals surface area contributed by atoms with Crippen molar-refractivity contribution < 1.29 is 10.2 Å². The zero-order valence-electron chi connectivity index (χ0n) is 9.81. The maximum Gasteiger partial charge on any atom is 0.0831 e. The predicted molar refractivity (Wildman–Crippen MR) is 62.4 cm³/mol. The highest BCUT2D eigenvalue weighted by molar-refractivity contribution is 4.89. The number of nitrogens with zero attached hydrogens (tertiary/aromatic N) is 2. The summed E-state index contributed by atoms with van der Waals surface area (Å²) in [6.45, 7) is 6.78. The molecule has 0 amide bonds.